The van der Waals surface area contributed by atoms with E-state index in [0.717, 1.165) is 19.3 Å². The molecule has 0 radical (unpaired) electrons. The van der Waals surface area contributed by atoms with Gasteiger partial charge in [0.15, 0.2) is 5.69 Å². The molecule has 1 saturated carbocycles. The van der Waals surface area contributed by atoms with Gasteiger partial charge < -0.3 is 15.2 Å². The van der Waals surface area contributed by atoms with Crippen LogP contribution in [0.4, 0.5) is 17.1 Å². The number of nitrogens with one attached hydrogen (secondary N) is 1. The van der Waals surface area contributed by atoms with Crippen molar-refractivity contribution in [2.75, 3.05) is 12.4 Å². The first-order valence-electron chi connectivity index (χ1n) is 7.74. The molecule has 0 saturated heterocycles. The Balaban J connectivity index is 2.48. The third-order valence-corrected chi connectivity index (χ3v) is 4.50. The number of hydrogen-bond acceptors (Lipinski definition) is 7. The first-order valence-corrected chi connectivity index (χ1v) is 7.74. The minimum absolute atomic E-state index is 0.0344. The maximum Gasteiger partial charge on any atom is 0.302 e. The maximum absolute atomic E-state index is 11.5. The monoisotopic (exact) mass is 339 g/mol. The molecule has 2 rings (SSSR count). The molecule has 1 fully saturated rings. The van der Waals surface area contributed by atoms with Crippen molar-refractivity contribution in [1.29, 1.82) is 0 Å². The Morgan fingerprint density at radius 2 is 2.04 bits per heavy atom. The average molecular weight is 339 g/mol. The highest BCUT2D eigenvalue weighted by Gasteiger charge is 2.33. The van der Waals surface area contributed by atoms with E-state index in [1.807, 2.05) is 0 Å². The molecule has 2 atom stereocenters. The maximum atomic E-state index is 11.5. The fourth-order valence-corrected chi connectivity index (χ4v) is 3.18. The van der Waals surface area contributed by atoms with Crippen molar-refractivity contribution in [2.45, 2.75) is 51.4 Å². The van der Waals surface area contributed by atoms with Crippen LogP contribution in [0.1, 0.15) is 36.8 Å². The number of rotatable bonds is 6. The van der Waals surface area contributed by atoms with Gasteiger partial charge in [-0.2, -0.15) is 0 Å². The molecule has 0 spiro atoms. The number of nitro benzene ring substituents is 2. The van der Waals surface area contributed by atoms with E-state index in [1.165, 1.54) is 13.0 Å². The molecule has 0 aromatic heterocycles. The summed E-state index contributed by atoms with van der Waals surface area (Å²) in [6.45, 7) is 0.986. The Morgan fingerprint density at radius 3 is 2.58 bits per heavy atom. The van der Waals surface area contributed by atoms with E-state index in [0.29, 0.717) is 6.42 Å². The van der Waals surface area contributed by atoms with Crippen molar-refractivity contribution < 1.29 is 19.7 Å². The highest BCUT2D eigenvalue weighted by molar-refractivity contribution is 5.78. The highest BCUT2D eigenvalue weighted by Crippen LogP contribution is 2.40. The molecular weight excluding hydrogens is 318 g/mol. The molecule has 0 heterocycles. The van der Waals surface area contributed by atoms with Gasteiger partial charge >= 0.3 is 5.69 Å². The summed E-state index contributed by atoms with van der Waals surface area (Å²) in [6.07, 6.45) is 3.21. The SMILES string of the molecule is COC1CCCC(Nc2c([N+](=O)[O-])cc(CO)c(C)c2[N+](=O)[O-])C1. The molecule has 0 amide bonds. The first kappa shape index (κ1) is 18.1. The molecule has 1 aromatic rings. The van der Waals surface area contributed by atoms with Gasteiger partial charge in [-0.1, -0.05) is 0 Å². The lowest BCUT2D eigenvalue weighted by Gasteiger charge is -2.29. The molecule has 0 aliphatic heterocycles. The van der Waals surface area contributed by atoms with Gasteiger partial charge in [0.1, 0.15) is 0 Å². The lowest BCUT2D eigenvalue weighted by atomic mass is 9.92. The summed E-state index contributed by atoms with van der Waals surface area (Å²) in [5.41, 5.74) is -0.433. The summed E-state index contributed by atoms with van der Waals surface area (Å²) >= 11 is 0. The van der Waals surface area contributed by atoms with Crippen LogP contribution in [-0.4, -0.2) is 34.2 Å². The van der Waals surface area contributed by atoms with E-state index in [2.05, 4.69) is 5.32 Å². The van der Waals surface area contributed by atoms with Gasteiger partial charge in [0.2, 0.25) is 0 Å². The second kappa shape index (κ2) is 7.54. The highest BCUT2D eigenvalue weighted by atomic mass is 16.6. The zero-order chi connectivity index (χ0) is 17.9. The number of nitro groups is 2. The summed E-state index contributed by atoms with van der Waals surface area (Å²) in [6, 6.07) is 1.06. The fourth-order valence-electron chi connectivity index (χ4n) is 3.18. The predicted octanol–water partition coefficient (Wildman–Crippen LogP) is 2.67. The smallest absolute Gasteiger partial charge is 0.302 e. The number of aliphatic hydroxyl groups is 1. The van der Waals surface area contributed by atoms with Crippen LogP contribution >= 0.6 is 0 Å². The standard InChI is InChI=1S/C15H21N3O6/c1-9-10(8-19)6-13(17(20)21)14(15(9)18(22)23)16-11-4-3-5-12(7-11)24-2/h6,11-12,16,19H,3-5,7-8H2,1-2H3. The number of methoxy groups -OCH3 is 1. The summed E-state index contributed by atoms with van der Waals surface area (Å²) in [7, 11) is 1.61. The van der Waals surface area contributed by atoms with Crippen molar-refractivity contribution in [3.05, 3.63) is 37.4 Å². The van der Waals surface area contributed by atoms with E-state index in [1.54, 1.807) is 7.11 Å². The molecule has 24 heavy (non-hydrogen) atoms. The van der Waals surface area contributed by atoms with Gasteiger partial charge in [-0.15, -0.1) is 0 Å². The topological polar surface area (TPSA) is 128 Å². The van der Waals surface area contributed by atoms with Crippen molar-refractivity contribution in [3.8, 4) is 0 Å². The van der Waals surface area contributed by atoms with Gasteiger partial charge in [-0.05, 0) is 38.2 Å². The second-order valence-corrected chi connectivity index (χ2v) is 5.94. The lowest BCUT2D eigenvalue weighted by molar-refractivity contribution is -0.392. The molecule has 1 aromatic carbocycles. The molecule has 132 valence electrons. The van der Waals surface area contributed by atoms with Crippen LogP contribution in [-0.2, 0) is 11.3 Å². The van der Waals surface area contributed by atoms with E-state index < -0.39 is 22.1 Å². The number of hydrogen-bond donors (Lipinski definition) is 2. The molecule has 9 nitrogen and oxygen atoms in total. The summed E-state index contributed by atoms with van der Waals surface area (Å²) in [4.78, 5) is 21.6. The third-order valence-electron chi connectivity index (χ3n) is 4.50. The number of aliphatic hydroxyl groups excluding tert-OH is 1. The minimum Gasteiger partial charge on any atom is -0.392 e. The zero-order valence-electron chi connectivity index (χ0n) is 13.7. The molecule has 1 aliphatic rings. The Bertz CT molecular complexity index is 649. The molecule has 1 aliphatic carbocycles. The van der Waals surface area contributed by atoms with Gasteiger partial charge in [0.05, 0.1) is 22.6 Å². The zero-order valence-corrected chi connectivity index (χ0v) is 13.7. The van der Waals surface area contributed by atoms with Crippen molar-refractivity contribution in [2.24, 2.45) is 0 Å². The summed E-state index contributed by atoms with van der Waals surface area (Å²) < 4.78 is 5.33. The van der Waals surface area contributed by atoms with Gasteiger partial charge in [0, 0.05) is 24.8 Å². The van der Waals surface area contributed by atoms with Gasteiger partial charge in [-0.25, -0.2) is 0 Å². The number of nitrogens with zero attached hydrogens (tertiary/aromatic N) is 2. The molecule has 2 N–H and O–H groups in total. The Hall–Kier alpha value is -2.26. The second-order valence-electron chi connectivity index (χ2n) is 5.94. The van der Waals surface area contributed by atoms with Crippen LogP contribution in [0.25, 0.3) is 0 Å². The minimum atomic E-state index is -0.662. The lowest BCUT2D eigenvalue weighted by Crippen LogP contribution is -2.31. The van der Waals surface area contributed by atoms with Crippen LogP contribution in [0, 0.1) is 27.2 Å². The number of anilines is 1. The van der Waals surface area contributed by atoms with Crippen LogP contribution in [0.5, 0.6) is 0 Å². The van der Waals surface area contributed by atoms with Crippen LogP contribution in [0.3, 0.4) is 0 Å². The van der Waals surface area contributed by atoms with E-state index >= 15 is 0 Å². The third kappa shape index (κ3) is 3.62. The summed E-state index contributed by atoms with van der Waals surface area (Å²) in [5, 5.41) is 35.2. The summed E-state index contributed by atoms with van der Waals surface area (Å²) in [5.74, 6) is 0. The Kier molecular flexibility index (Phi) is 5.68. The number of ether oxygens (including phenoxy) is 1. The Labute approximate surface area is 138 Å². The quantitative estimate of drug-likeness (QED) is 0.602. The van der Waals surface area contributed by atoms with Crippen molar-refractivity contribution >= 4 is 17.1 Å². The van der Waals surface area contributed by atoms with Crippen LogP contribution < -0.4 is 5.32 Å². The molecule has 0 bridgehead atoms. The average Bonchev–Trinajstić information content (AvgIpc) is 2.54. The van der Waals surface area contributed by atoms with Gasteiger partial charge in [0.25, 0.3) is 5.69 Å². The number of benzene rings is 1. The predicted molar refractivity (Wildman–Crippen MR) is 87.1 cm³/mol. The van der Waals surface area contributed by atoms with Crippen molar-refractivity contribution in [3.63, 3.8) is 0 Å². The van der Waals surface area contributed by atoms with Crippen LogP contribution in [0.15, 0.2) is 6.07 Å². The van der Waals surface area contributed by atoms with Gasteiger partial charge in [-0.3, -0.25) is 20.2 Å². The van der Waals surface area contributed by atoms with E-state index in [9.17, 15) is 25.3 Å². The normalized spacial score (nSPS) is 20.6. The van der Waals surface area contributed by atoms with Crippen LogP contribution in [0.2, 0.25) is 0 Å². The Morgan fingerprint density at radius 1 is 1.33 bits per heavy atom. The first-order chi connectivity index (χ1) is 11.4. The molecule has 9 heteroatoms. The largest absolute Gasteiger partial charge is 0.392 e. The fraction of sp³-hybridized carbons (Fsp3) is 0.600. The molecular formula is C15H21N3O6. The van der Waals surface area contributed by atoms with E-state index in [-0.39, 0.29) is 34.6 Å². The van der Waals surface area contributed by atoms with E-state index in [4.69, 9.17) is 4.74 Å². The molecule has 2 unspecified atom stereocenters. The van der Waals surface area contributed by atoms with Crippen molar-refractivity contribution in [1.82, 2.24) is 0 Å².